The van der Waals surface area contributed by atoms with Crippen molar-refractivity contribution in [2.24, 2.45) is 0 Å². The summed E-state index contributed by atoms with van der Waals surface area (Å²) in [6.07, 6.45) is 0.616. The minimum absolute atomic E-state index is 0.0340. The molecule has 0 fully saturated rings. The molecule has 0 bridgehead atoms. The zero-order chi connectivity index (χ0) is 12.9. The van der Waals surface area contributed by atoms with Gasteiger partial charge in [-0.05, 0) is 30.7 Å². The minimum Gasteiger partial charge on any atom is -0.399 e. The lowest BCUT2D eigenvalue weighted by Crippen LogP contribution is -2.14. The molecule has 1 rings (SSSR count). The maximum absolute atomic E-state index is 11.7. The number of hydrogen-bond donors (Lipinski definition) is 1. The van der Waals surface area contributed by atoms with Crippen molar-refractivity contribution in [2.75, 3.05) is 17.2 Å². The average Bonchev–Trinajstić information content (AvgIpc) is 2.27. The number of carbonyl (C=O) groups excluding carboxylic acids is 1. The molecule has 0 spiro atoms. The third-order valence-corrected chi connectivity index (χ3v) is 4.24. The number of hydrogen-bond acceptors (Lipinski definition) is 4. The van der Waals surface area contributed by atoms with Crippen LogP contribution in [0.25, 0.3) is 0 Å². The first-order valence-corrected chi connectivity index (χ1v) is 7.36. The molecule has 0 amide bonds. The van der Waals surface area contributed by atoms with Gasteiger partial charge in [-0.3, -0.25) is 4.79 Å². The molecule has 0 atom stereocenters. The topological polar surface area (TPSA) is 77.2 Å². The van der Waals surface area contributed by atoms with Gasteiger partial charge in [0, 0.05) is 23.4 Å². The van der Waals surface area contributed by atoms with Crippen LogP contribution in [-0.2, 0) is 9.84 Å². The van der Waals surface area contributed by atoms with Crippen molar-refractivity contribution in [1.29, 1.82) is 0 Å². The zero-order valence-corrected chi connectivity index (χ0v) is 10.7. The molecule has 0 aromatic heterocycles. The van der Waals surface area contributed by atoms with Gasteiger partial charge in [-0.15, -0.1) is 0 Å². The summed E-state index contributed by atoms with van der Waals surface area (Å²) in [4.78, 5) is 11.7. The van der Waals surface area contributed by atoms with Crippen LogP contribution >= 0.6 is 0 Å². The Morgan fingerprint density at radius 3 is 2.29 bits per heavy atom. The molecule has 0 aliphatic rings. The highest BCUT2D eigenvalue weighted by molar-refractivity contribution is 7.91. The van der Waals surface area contributed by atoms with Crippen LogP contribution in [0.2, 0.25) is 0 Å². The van der Waals surface area contributed by atoms with Crippen LogP contribution < -0.4 is 5.73 Å². The predicted molar refractivity (Wildman–Crippen MR) is 68.7 cm³/mol. The highest BCUT2D eigenvalue weighted by Crippen LogP contribution is 2.09. The van der Waals surface area contributed by atoms with Crippen molar-refractivity contribution < 1.29 is 13.2 Å². The van der Waals surface area contributed by atoms with Crippen molar-refractivity contribution in [3.63, 3.8) is 0 Å². The Hall–Kier alpha value is -1.36. The Labute approximate surface area is 102 Å². The molecule has 0 aliphatic heterocycles. The highest BCUT2D eigenvalue weighted by Gasteiger charge is 2.13. The van der Waals surface area contributed by atoms with Gasteiger partial charge in [-0.1, -0.05) is 6.92 Å². The molecule has 94 valence electrons. The number of nitrogen functional groups attached to an aromatic ring is 1. The minimum atomic E-state index is -3.09. The Bertz CT molecular complexity index is 477. The van der Waals surface area contributed by atoms with Gasteiger partial charge in [0.05, 0.1) is 5.75 Å². The molecule has 4 nitrogen and oxygen atoms in total. The van der Waals surface area contributed by atoms with E-state index in [-0.39, 0.29) is 23.7 Å². The fraction of sp³-hybridized carbons (Fsp3) is 0.417. The van der Waals surface area contributed by atoms with Crippen molar-refractivity contribution in [1.82, 2.24) is 0 Å². The van der Waals surface area contributed by atoms with Gasteiger partial charge in [0.2, 0.25) is 0 Å². The van der Waals surface area contributed by atoms with E-state index in [0.717, 1.165) is 0 Å². The van der Waals surface area contributed by atoms with Gasteiger partial charge in [-0.25, -0.2) is 8.42 Å². The standard InChI is InChI=1S/C12H17NO3S/c1-2-8-17(15,16)9-7-12(14)10-3-5-11(13)6-4-10/h3-6H,2,7-9,13H2,1H3. The van der Waals surface area contributed by atoms with Crippen molar-refractivity contribution in [2.45, 2.75) is 19.8 Å². The molecule has 0 unspecified atom stereocenters. The molecule has 2 N–H and O–H groups in total. The number of anilines is 1. The van der Waals surface area contributed by atoms with Gasteiger partial charge in [0.1, 0.15) is 0 Å². The average molecular weight is 255 g/mol. The number of ketones is 1. The molecule has 17 heavy (non-hydrogen) atoms. The van der Waals surface area contributed by atoms with Gasteiger partial charge in [0.25, 0.3) is 0 Å². The van der Waals surface area contributed by atoms with Gasteiger partial charge >= 0.3 is 0 Å². The normalized spacial score (nSPS) is 11.4. The predicted octanol–water partition coefficient (Wildman–Crippen LogP) is 1.67. The first-order valence-electron chi connectivity index (χ1n) is 5.54. The van der Waals surface area contributed by atoms with E-state index in [0.29, 0.717) is 17.7 Å². The third-order valence-electron chi connectivity index (χ3n) is 2.39. The number of sulfone groups is 1. The van der Waals surface area contributed by atoms with Gasteiger partial charge in [0.15, 0.2) is 15.6 Å². The van der Waals surface area contributed by atoms with Crippen LogP contribution in [0, 0.1) is 0 Å². The zero-order valence-electron chi connectivity index (χ0n) is 9.85. The molecule has 0 saturated heterocycles. The quantitative estimate of drug-likeness (QED) is 0.619. The van der Waals surface area contributed by atoms with Crippen LogP contribution in [0.15, 0.2) is 24.3 Å². The molecule has 5 heteroatoms. The number of benzene rings is 1. The largest absolute Gasteiger partial charge is 0.399 e. The smallest absolute Gasteiger partial charge is 0.163 e. The van der Waals surface area contributed by atoms with E-state index in [1.807, 2.05) is 0 Å². The molecule has 0 radical (unpaired) electrons. The summed E-state index contributed by atoms with van der Waals surface area (Å²) < 4.78 is 22.9. The lowest BCUT2D eigenvalue weighted by atomic mass is 10.1. The Morgan fingerprint density at radius 1 is 1.18 bits per heavy atom. The summed E-state index contributed by atoms with van der Waals surface area (Å²) in [6, 6.07) is 6.50. The lowest BCUT2D eigenvalue weighted by molar-refractivity contribution is 0.0989. The molecule has 0 heterocycles. The highest BCUT2D eigenvalue weighted by atomic mass is 32.2. The summed E-state index contributed by atoms with van der Waals surface area (Å²) in [6.45, 7) is 1.80. The summed E-state index contributed by atoms with van der Waals surface area (Å²) in [5.41, 5.74) is 6.59. The molecule has 0 saturated carbocycles. The summed E-state index contributed by atoms with van der Waals surface area (Å²) in [5.74, 6) is -0.101. The van der Waals surface area contributed by atoms with E-state index in [1.165, 1.54) is 0 Å². The number of nitrogens with two attached hydrogens (primary N) is 1. The first-order chi connectivity index (χ1) is 7.94. The Balaban J connectivity index is 2.59. The van der Waals surface area contributed by atoms with Crippen LogP contribution in [0.5, 0.6) is 0 Å². The lowest BCUT2D eigenvalue weighted by Gasteiger charge is -2.03. The molecule has 1 aromatic rings. The van der Waals surface area contributed by atoms with Crippen molar-refractivity contribution in [3.05, 3.63) is 29.8 Å². The van der Waals surface area contributed by atoms with E-state index < -0.39 is 9.84 Å². The second kappa shape index (κ2) is 5.82. The molecular formula is C12H17NO3S. The van der Waals surface area contributed by atoms with Gasteiger partial charge < -0.3 is 5.73 Å². The third kappa shape index (κ3) is 4.56. The maximum Gasteiger partial charge on any atom is 0.163 e. The van der Waals surface area contributed by atoms with E-state index in [1.54, 1.807) is 31.2 Å². The van der Waals surface area contributed by atoms with E-state index in [2.05, 4.69) is 0 Å². The summed E-state index contributed by atoms with van der Waals surface area (Å²) >= 11 is 0. The molecule has 0 aliphatic carbocycles. The molecular weight excluding hydrogens is 238 g/mol. The second-order valence-electron chi connectivity index (χ2n) is 3.95. The fourth-order valence-electron chi connectivity index (χ4n) is 1.47. The SMILES string of the molecule is CCCS(=O)(=O)CCC(=O)c1ccc(N)cc1. The Kier molecular flexibility index (Phi) is 4.69. The maximum atomic E-state index is 11.7. The number of carbonyl (C=O) groups is 1. The Morgan fingerprint density at radius 2 is 1.76 bits per heavy atom. The monoisotopic (exact) mass is 255 g/mol. The van der Waals surface area contributed by atoms with E-state index in [9.17, 15) is 13.2 Å². The van der Waals surface area contributed by atoms with Crippen molar-refractivity contribution >= 4 is 21.3 Å². The van der Waals surface area contributed by atoms with Crippen LogP contribution in [0.1, 0.15) is 30.1 Å². The van der Waals surface area contributed by atoms with Crippen LogP contribution in [-0.4, -0.2) is 25.7 Å². The number of Topliss-reactive ketones (excluding diaryl/α,β-unsaturated/α-hetero) is 1. The fourth-order valence-corrected chi connectivity index (χ4v) is 2.80. The van der Waals surface area contributed by atoms with E-state index in [4.69, 9.17) is 5.73 Å². The second-order valence-corrected chi connectivity index (χ2v) is 6.25. The van der Waals surface area contributed by atoms with Crippen LogP contribution in [0.4, 0.5) is 5.69 Å². The molecule has 1 aromatic carbocycles. The van der Waals surface area contributed by atoms with E-state index >= 15 is 0 Å². The summed E-state index contributed by atoms with van der Waals surface area (Å²) in [5, 5.41) is 0. The van der Waals surface area contributed by atoms with Gasteiger partial charge in [-0.2, -0.15) is 0 Å². The van der Waals surface area contributed by atoms with Crippen LogP contribution in [0.3, 0.4) is 0 Å². The van der Waals surface area contributed by atoms with Crippen molar-refractivity contribution in [3.8, 4) is 0 Å². The number of rotatable bonds is 6. The summed E-state index contributed by atoms with van der Waals surface area (Å²) in [7, 11) is -3.09. The first kappa shape index (κ1) is 13.7.